The van der Waals surface area contributed by atoms with Gasteiger partial charge in [-0.3, -0.25) is 14.4 Å². The van der Waals surface area contributed by atoms with Crippen molar-refractivity contribution in [2.75, 3.05) is 24.4 Å². The maximum atomic E-state index is 11.8. The number of anilines is 2. The Morgan fingerprint density at radius 1 is 0.929 bits per heavy atom. The van der Waals surface area contributed by atoms with Gasteiger partial charge in [-0.25, -0.2) is 0 Å². The van der Waals surface area contributed by atoms with Crippen LogP contribution < -0.4 is 15.4 Å². The van der Waals surface area contributed by atoms with Crippen LogP contribution in [0, 0.1) is 0 Å². The van der Waals surface area contributed by atoms with Crippen LogP contribution in [0.2, 0.25) is 5.02 Å². The summed E-state index contributed by atoms with van der Waals surface area (Å²) in [7, 11) is 1.55. The maximum absolute atomic E-state index is 11.8. The van der Waals surface area contributed by atoms with E-state index in [9.17, 15) is 14.4 Å². The van der Waals surface area contributed by atoms with E-state index in [1.54, 1.807) is 55.6 Å². The quantitative estimate of drug-likeness (QED) is 0.622. The predicted molar refractivity (Wildman–Crippen MR) is 107 cm³/mol. The molecule has 2 rings (SSSR count). The largest absolute Gasteiger partial charge is 0.497 e. The zero-order valence-corrected chi connectivity index (χ0v) is 16.1. The van der Waals surface area contributed by atoms with Crippen molar-refractivity contribution in [1.29, 1.82) is 0 Å². The summed E-state index contributed by atoms with van der Waals surface area (Å²) >= 11 is 5.85. The Balaban J connectivity index is 1.62. The average molecular weight is 405 g/mol. The minimum atomic E-state index is -0.541. The summed E-state index contributed by atoms with van der Waals surface area (Å²) in [6.07, 6.45) is 0.504. The molecule has 0 bridgehead atoms. The van der Waals surface area contributed by atoms with Gasteiger partial charge in [0.2, 0.25) is 5.91 Å². The molecule has 0 saturated carbocycles. The van der Waals surface area contributed by atoms with Crippen LogP contribution in [0.25, 0.3) is 0 Å². The summed E-state index contributed by atoms with van der Waals surface area (Å²) in [6.45, 7) is -0.389. The molecule has 0 radical (unpaired) electrons. The number of carbonyl (C=O) groups excluding carboxylic acids is 3. The van der Waals surface area contributed by atoms with Crippen molar-refractivity contribution in [3.63, 3.8) is 0 Å². The molecule has 0 heterocycles. The topological polar surface area (TPSA) is 93.7 Å². The van der Waals surface area contributed by atoms with Crippen LogP contribution in [-0.4, -0.2) is 31.5 Å². The summed E-state index contributed by atoms with van der Waals surface area (Å²) < 4.78 is 9.94. The molecule has 0 aliphatic carbocycles. The normalized spacial score (nSPS) is 10.1. The van der Waals surface area contributed by atoms with Crippen molar-refractivity contribution in [2.24, 2.45) is 0 Å². The fourth-order valence-electron chi connectivity index (χ4n) is 2.27. The van der Waals surface area contributed by atoms with Crippen molar-refractivity contribution in [2.45, 2.75) is 19.3 Å². The minimum Gasteiger partial charge on any atom is -0.497 e. The van der Waals surface area contributed by atoms with E-state index >= 15 is 0 Å². The van der Waals surface area contributed by atoms with E-state index in [1.165, 1.54) is 0 Å². The highest BCUT2D eigenvalue weighted by molar-refractivity contribution is 6.30. The third kappa shape index (κ3) is 7.67. The van der Waals surface area contributed by atoms with Crippen LogP contribution in [0.1, 0.15) is 19.3 Å². The Bertz CT molecular complexity index is 824. The molecule has 0 aromatic heterocycles. The predicted octanol–water partition coefficient (Wildman–Crippen LogP) is 3.64. The smallest absolute Gasteiger partial charge is 0.306 e. The van der Waals surface area contributed by atoms with Crippen LogP contribution >= 0.6 is 11.6 Å². The molecule has 0 unspecified atom stereocenters. The standard InChI is InChI=1S/C20H21ClN2O5/c1-27-17-10-8-15(9-11-17)22-19(25)13-28-20(26)7-3-6-18(24)23-16-5-2-4-14(21)12-16/h2,4-5,8-12H,3,6-7,13H2,1H3,(H,22,25)(H,23,24). The van der Waals surface area contributed by atoms with Gasteiger partial charge in [-0.2, -0.15) is 0 Å². The second-order valence-corrected chi connectivity index (χ2v) is 6.29. The van der Waals surface area contributed by atoms with E-state index in [0.29, 0.717) is 28.6 Å². The minimum absolute atomic E-state index is 0.0405. The monoisotopic (exact) mass is 404 g/mol. The summed E-state index contributed by atoms with van der Waals surface area (Å²) in [4.78, 5) is 35.3. The number of ether oxygens (including phenoxy) is 2. The zero-order valence-electron chi connectivity index (χ0n) is 15.4. The molecular formula is C20H21ClN2O5. The van der Waals surface area contributed by atoms with Crippen LogP contribution in [-0.2, 0) is 19.1 Å². The molecule has 148 valence electrons. The van der Waals surface area contributed by atoms with Crippen molar-refractivity contribution in [1.82, 2.24) is 0 Å². The highest BCUT2D eigenvalue weighted by atomic mass is 35.5. The molecular weight excluding hydrogens is 384 g/mol. The lowest BCUT2D eigenvalue weighted by molar-refractivity contribution is -0.147. The van der Waals surface area contributed by atoms with Gasteiger partial charge in [-0.15, -0.1) is 0 Å². The Kier molecular flexibility index (Phi) is 8.30. The summed E-state index contributed by atoms with van der Waals surface area (Å²) in [5.41, 5.74) is 1.16. The molecule has 2 amide bonds. The molecule has 0 aliphatic rings. The Hall–Kier alpha value is -3.06. The number of methoxy groups -OCH3 is 1. The van der Waals surface area contributed by atoms with Crippen molar-refractivity contribution < 1.29 is 23.9 Å². The highest BCUT2D eigenvalue weighted by Gasteiger charge is 2.10. The van der Waals surface area contributed by atoms with Gasteiger partial charge in [0.25, 0.3) is 5.91 Å². The average Bonchev–Trinajstić information content (AvgIpc) is 2.67. The second-order valence-electron chi connectivity index (χ2n) is 5.85. The number of nitrogens with one attached hydrogen (secondary N) is 2. The number of hydrogen-bond donors (Lipinski definition) is 2. The van der Waals surface area contributed by atoms with Gasteiger partial charge in [0.1, 0.15) is 5.75 Å². The first-order chi connectivity index (χ1) is 13.5. The first-order valence-corrected chi connectivity index (χ1v) is 8.99. The Morgan fingerprint density at radius 3 is 2.32 bits per heavy atom. The van der Waals surface area contributed by atoms with Gasteiger partial charge >= 0.3 is 5.97 Å². The number of amides is 2. The zero-order chi connectivity index (χ0) is 20.4. The molecule has 0 atom stereocenters. The molecule has 28 heavy (non-hydrogen) atoms. The van der Waals surface area contributed by atoms with Crippen LogP contribution in [0.5, 0.6) is 5.75 Å². The Morgan fingerprint density at radius 2 is 1.64 bits per heavy atom. The first-order valence-electron chi connectivity index (χ1n) is 8.61. The first kappa shape index (κ1) is 21.2. The lowest BCUT2D eigenvalue weighted by atomic mass is 10.2. The van der Waals surface area contributed by atoms with Gasteiger partial charge in [0.05, 0.1) is 7.11 Å². The second kappa shape index (κ2) is 10.9. The Labute approximate surface area is 168 Å². The van der Waals surface area contributed by atoms with Gasteiger partial charge in [0, 0.05) is 29.2 Å². The number of hydrogen-bond acceptors (Lipinski definition) is 5. The fourth-order valence-corrected chi connectivity index (χ4v) is 2.46. The van der Waals surface area contributed by atoms with Gasteiger partial charge in [-0.1, -0.05) is 17.7 Å². The number of halogens is 1. The van der Waals surface area contributed by atoms with E-state index < -0.39 is 11.9 Å². The van der Waals surface area contributed by atoms with Crippen LogP contribution in [0.4, 0.5) is 11.4 Å². The lowest BCUT2D eigenvalue weighted by Crippen LogP contribution is -2.21. The third-order valence-electron chi connectivity index (χ3n) is 3.63. The van der Waals surface area contributed by atoms with Crippen molar-refractivity contribution in [3.8, 4) is 5.75 Å². The third-order valence-corrected chi connectivity index (χ3v) is 3.87. The van der Waals surface area contributed by atoms with Gasteiger partial charge in [-0.05, 0) is 48.9 Å². The van der Waals surface area contributed by atoms with E-state index in [4.69, 9.17) is 21.1 Å². The van der Waals surface area contributed by atoms with Crippen LogP contribution in [0.15, 0.2) is 48.5 Å². The fraction of sp³-hybridized carbons (Fsp3) is 0.250. The molecule has 0 spiro atoms. The number of rotatable bonds is 9. The summed E-state index contributed by atoms with van der Waals surface area (Å²) in [5, 5.41) is 5.82. The molecule has 2 aromatic rings. The molecule has 2 N–H and O–H groups in total. The SMILES string of the molecule is COc1ccc(NC(=O)COC(=O)CCCC(=O)Nc2cccc(Cl)c2)cc1. The molecule has 2 aromatic carbocycles. The van der Waals surface area contributed by atoms with E-state index in [0.717, 1.165) is 0 Å². The highest BCUT2D eigenvalue weighted by Crippen LogP contribution is 2.16. The molecule has 7 nitrogen and oxygen atoms in total. The lowest BCUT2D eigenvalue weighted by Gasteiger charge is -2.08. The van der Waals surface area contributed by atoms with E-state index in [-0.39, 0.29) is 25.4 Å². The number of benzene rings is 2. The summed E-state index contributed by atoms with van der Waals surface area (Å²) in [6, 6.07) is 13.6. The van der Waals surface area contributed by atoms with E-state index in [2.05, 4.69) is 10.6 Å². The van der Waals surface area contributed by atoms with Crippen LogP contribution in [0.3, 0.4) is 0 Å². The van der Waals surface area contributed by atoms with Gasteiger partial charge < -0.3 is 20.1 Å². The van der Waals surface area contributed by atoms with Crippen molar-refractivity contribution in [3.05, 3.63) is 53.6 Å². The van der Waals surface area contributed by atoms with Gasteiger partial charge in [0.15, 0.2) is 6.61 Å². The molecule has 0 aliphatic heterocycles. The maximum Gasteiger partial charge on any atom is 0.306 e. The molecule has 8 heteroatoms. The number of carbonyl (C=O) groups is 3. The molecule has 0 saturated heterocycles. The van der Waals surface area contributed by atoms with E-state index in [1.807, 2.05) is 0 Å². The molecule has 0 fully saturated rings. The summed E-state index contributed by atoms with van der Waals surface area (Å²) in [5.74, 6) is -0.547. The number of esters is 1. The van der Waals surface area contributed by atoms with Crippen molar-refractivity contribution >= 4 is 40.8 Å².